The molecular formula is C17H24N2O3. The van der Waals surface area contributed by atoms with Crippen molar-refractivity contribution in [2.75, 3.05) is 13.2 Å². The summed E-state index contributed by atoms with van der Waals surface area (Å²) in [6, 6.07) is 9.03. The third-order valence-corrected chi connectivity index (χ3v) is 3.66. The van der Waals surface area contributed by atoms with E-state index in [1.54, 1.807) is 0 Å². The van der Waals surface area contributed by atoms with Gasteiger partial charge >= 0.3 is 0 Å². The molecule has 2 N–H and O–H groups in total. The van der Waals surface area contributed by atoms with E-state index in [1.165, 1.54) is 19.8 Å². The largest absolute Gasteiger partial charge is 0.379 e. The molecule has 1 fully saturated rings. The average molecular weight is 304 g/mol. The van der Waals surface area contributed by atoms with Crippen molar-refractivity contribution in [1.82, 2.24) is 10.6 Å². The fraction of sp³-hybridized carbons (Fsp3) is 0.529. The standard InChI is InChI=1S/C17H24N2O3/c1-13(20)19-16(12-22-10-9-14-7-8-14)17(21)18-11-15-5-3-2-4-6-15/h2-6,14,16H,7-12H2,1H3,(H,18,21)(H,19,20)/t16-/m1/s1. The van der Waals surface area contributed by atoms with E-state index in [0.717, 1.165) is 17.9 Å². The highest BCUT2D eigenvalue weighted by molar-refractivity contribution is 5.86. The highest BCUT2D eigenvalue weighted by Crippen LogP contribution is 2.32. The topological polar surface area (TPSA) is 67.4 Å². The Hall–Kier alpha value is -1.88. The number of ether oxygens (including phenoxy) is 1. The first-order valence-corrected chi connectivity index (χ1v) is 7.81. The van der Waals surface area contributed by atoms with Crippen LogP contribution < -0.4 is 10.6 Å². The first kappa shape index (κ1) is 16.5. The van der Waals surface area contributed by atoms with Crippen LogP contribution in [0.25, 0.3) is 0 Å². The molecule has 0 bridgehead atoms. The lowest BCUT2D eigenvalue weighted by molar-refractivity contribution is -0.129. The van der Waals surface area contributed by atoms with Crippen LogP contribution in [-0.2, 0) is 20.9 Å². The van der Waals surface area contributed by atoms with Crippen LogP contribution in [0.5, 0.6) is 0 Å². The number of nitrogens with one attached hydrogen (secondary N) is 2. The lowest BCUT2D eigenvalue weighted by atomic mass is 10.2. The molecule has 1 saturated carbocycles. The zero-order chi connectivity index (χ0) is 15.8. The number of carbonyl (C=O) groups excluding carboxylic acids is 2. The molecule has 120 valence electrons. The Labute approximate surface area is 131 Å². The average Bonchev–Trinajstić information content (AvgIpc) is 3.33. The van der Waals surface area contributed by atoms with E-state index in [-0.39, 0.29) is 18.4 Å². The van der Waals surface area contributed by atoms with E-state index in [9.17, 15) is 9.59 Å². The van der Waals surface area contributed by atoms with E-state index in [1.807, 2.05) is 30.3 Å². The molecule has 0 unspecified atom stereocenters. The normalized spacial score (nSPS) is 15.1. The Morgan fingerprint density at radius 3 is 2.64 bits per heavy atom. The first-order valence-electron chi connectivity index (χ1n) is 7.81. The summed E-state index contributed by atoms with van der Waals surface area (Å²) in [5.74, 6) is 0.349. The van der Waals surface area contributed by atoms with Crippen molar-refractivity contribution in [1.29, 1.82) is 0 Å². The molecule has 5 heteroatoms. The molecule has 0 aromatic heterocycles. The Morgan fingerprint density at radius 1 is 1.27 bits per heavy atom. The molecule has 1 aromatic rings. The quantitative estimate of drug-likeness (QED) is 0.681. The molecule has 0 aliphatic heterocycles. The molecule has 1 aliphatic rings. The summed E-state index contributed by atoms with van der Waals surface area (Å²) in [5, 5.41) is 5.48. The van der Waals surface area contributed by atoms with E-state index < -0.39 is 6.04 Å². The molecule has 1 atom stereocenters. The van der Waals surface area contributed by atoms with Crippen LogP contribution in [0.15, 0.2) is 30.3 Å². The van der Waals surface area contributed by atoms with Gasteiger partial charge in [0, 0.05) is 20.1 Å². The molecular weight excluding hydrogens is 280 g/mol. The van der Waals surface area contributed by atoms with Gasteiger partial charge in [-0.15, -0.1) is 0 Å². The minimum absolute atomic E-state index is 0.215. The summed E-state index contributed by atoms with van der Waals surface area (Å²) >= 11 is 0. The molecule has 1 aromatic carbocycles. The minimum atomic E-state index is -0.639. The number of carbonyl (C=O) groups is 2. The van der Waals surface area contributed by atoms with Gasteiger partial charge in [0.1, 0.15) is 6.04 Å². The van der Waals surface area contributed by atoms with Gasteiger partial charge in [-0.2, -0.15) is 0 Å². The summed E-state index contributed by atoms with van der Waals surface area (Å²) in [5.41, 5.74) is 1.02. The van der Waals surface area contributed by atoms with Gasteiger partial charge in [-0.3, -0.25) is 9.59 Å². The van der Waals surface area contributed by atoms with Gasteiger partial charge in [0.25, 0.3) is 0 Å². The monoisotopic (exact) mass is 304 g/mol. The van der Waals surface area contributed by atoms with Crippen LogP contribution in [0.4, 0.5) is 0 Å². The van der Waals surface area contributed by atoms with E-state index in [0.29, 0.717) is 13.2 Å². The van der Waals surface area contributed by atoms with Gasteiger partial charge in [-0.25, -0.2) is 0 Å². The number of amides is 2. The van der Waals surface area contributed by atoms with Gasteiger partial charge in [-0.1, -0.05) is 43.2 Å². The summed E-state index contributed by atoms with van der Waals surface area (Å²) in [7, 11) is 0. The molecule has 0 heterocycles. The summed E-state index contributed by atoms with van der Waals surface area (Å²) in [6.07, 6.45) is 3.62. The van der Waals surface area contributed by atoms with Crippen LogP contribution >= 0.6 is 0 Å². The molecule has 22 heavy (non-hydrogen) atoms. The van der Waals surface area contributed by atoms with Crippen molar-refractivity contribution in [3.63, 3.8) is 0 Å². The van der Waals surface area contributed by atoms with Gasteiger partial charge in [0.05, 0.1) is 6.61 Å². The Morgan fingerprint density at radius 2 is 2.00 bits per heavy atom. The van der Waals surface area contributed by atoms with Crippen molar-refractivity contribution in [2.45, 2.75) is 38.8 Å². The molecule has 1 aliphatic carbocycles. The van der Waals surface area contributed by atoms with Crippen LogP contribution in [0.3, 0.4) is 0 Å². The SMILES string of the molecule is CC(=O)N[C@H](COCCC1CC1)C(=O)NCc1ccccc1. The number of hydrogen-bond acceptors (Lipinski definition) is 3. The lowest BCUT2D eigenvalue weighted by Crippen LogP contribution is -2.48. The van der Waals surface area contributed by atoms with Crippen molar-refractivity contribution < 1.29 is 14.3 Å². The minimum Gasteiger partial charge on any atom is -0.379 e. The van der Waals surface area contributed by atoms with Gasteiger partial charge < -0.3 is 15.4 Å². The van der Waals surface area contributed by atoms with Crippen LogP contribution in [-0.4, -0.2) is 31.1 Å². The maximum atomic E-state index is 12.2. The van der Waals surface area contributed by atoms with Crippen LogP contribution in [0.1, 0.15) is 31.7 Å². The smallest absolute Gasteiger partial charge is 0.245 e. The van der Waals surface area contributed by atoms with Crippen LogP contribution in [0.2, 0.25) is 0 Å². The highest BCUT2D eigenvalue weighted by atomic mass is 16.5. The van der Waals surface area contributed by atoms with E-state index in [4.69, 9.17) is 4.74 Å². The van der Waals surface area contributed by atoms with Crippen LogP contribution in [0, 0.1) is 5.92 Å². The van der Waals surface area contributed by atoms with Gasteiger partial charge in [0.15, 0.2) is 0 Å². The fourth-order valence-corrected chi connectivity index (χ4v) is 2.19. The molecule has 0 spiro atoms. The summed E-state index contributed by atoms with van der Waals surface area (Å²) in [4.78, 5) is 23.4. The van der Waals surface area contributed by atoms with Crippen molar-refractivity contribution in [2.24, 2.45) is 5.92 Å². The lowest BCUT2D eigenvalue weighted by Gasteiger charge is -2.18. The maximum absolute atomic E-state index is 12.2. The van der Waals surface area contributed by atoms with Gasteiger partial charge in [0.2, 0.25) is 11.8 Å². The Balaban J connectivity index is 1.75. The molecule has 2 rings (SSSR count). The third kappa shape index (κ3) is 6.26. The molecule has 0 radical (unpaired) electrons. The highest BCUT2D eigenvalue weighted by Gasteiger charge is 2.22. The molecule has 0 saturated heterocycles. The fourth-order valence-electron chi connectivity index (χ4n) is 2.19. The van der Waals surface area contributed by atoms with E-state index >= 15 is 0 Å². The summed E-state index contributed by atoms with van der Waals surface area (Å²) < 4.78 is 5.55. The second-order valence-electron chi connectivity index (χ2n) is 5.76. The number of rotatable bonds is 9. The van der Waals surface area contributed by atoms with Gasteiger partial charge in [-0.05, 0) is 17.9 Å². The van der Waals surface area contributed by atoms with Crippen molar-refractivity contribution >= 4 is 11.8 Å². The Bertz CT molecular complexity index is 486. The molecule has 5 nitrogen and oxygen atoms in total. The predicted molar refractivity (Wildman–Crippen MR) is 84.1 cm³/mol. The molecule has 2 amide bonds. The zero-order valence-electron chi connectivity index (χ0n) is 13.0. The number of hydrogen-bond donors (Lipinski definition) is 2. The van der Waals surface area contributed by atoms with E-state index in [2.05, 4.69) is 10.6 Å². The van der Waals surface area contributed by atoms with Crippen molar-refractivity contribution in [3.8, 4) is 0 Å². The summed E-state index contributed by atoms with van der Waals surface area (Å²) in [6.45, 7) is 2.71. The second kappa shape index (κ2) is 8.54. The Kier molecular flexibility index (Phi) is 6.40. The number of benzene rings is 1. The maximum Gasteiger partial charge on any atom is 0.245 e. The zero-order valence-corrected chi connectivity index (χ0v) is 13.0. The second-order valence-corrected chi connectivity index (χ2v) is 5.76. The van der Waals surface area contributed by atoms with Crippen molar-refractivity contribution in [3.05, 3.63) is 35.9 Å². The third-order valence-electron chi connectivity index (χ3n) is 3.66. The first-order chi connectivity index (χ1) is 10.6. The predicted octanol–water partition coefficient (Wildman–Crippen LogP) is 1.62.